The van der Waals surface area contributed by atoms with Crippen LogP contribution in [0, 0.1) is 12.7 Å². The first-order chi connectivity index (χ1) is 12.0. The van der Waals surface area contributed by atoms with Crippen LogP contribution in [0.15, 0.2) is 60.9 Å². The van der Waals surface area contributed by atoms with Gasteiger partial charge in [-0.2, -0.15) is 0 Å². The Balaban J connectivity index is 1.82. The smallest absolute Gasteiger partial charge is 0.142 e. The number of rotatable bonds is 4. The maximum atomic E-state index is 13.3. The summed E-state index contributed by atoms with van der Waals surface area (Å²) in [6.07, 6.45) is 1.88. The SMILES string of the molecule is Cc1ccc(C(N)C(O)c2ccc(-c3cncc(F)c3)cc2)cc1Cl. The van der Waals surface area contributed by atoms with Gasteiger partial charge in [-0.25, -0.2) is 4.39 Å². The molecule has 0 bridgehead atoms. The van der Waals surface area contributed by atoms with Crippen LogP contribution in [0.5, 0.6) is 0 Å². The topological polar surface area (TPSA) is 59.1 Å². The molecule has 3 N–H and O–H groups in total. The lowest BCUT2D eigenvalue weighted by Crippen LogP contribution is -2.19. The van der Waals surface area contributed by atoms with E-state index in [0.717, 1.165) is 22.9 Å². The molecule has 128 valence electrons. The summed E-state index contributed by atoms with van der Waals surface area (Å²) in [6, 6.07) is 13.5. The molecule has 0 spiro atoms. The highest BCUT2D eigenvalue weighted by atomic mass is 35.5. The number of aromatic nitrogens is 1. The highest BCUT2D eigenvalue weighted by Crippen LogP contribution is 2.30. The predicted octanol–water partition coefficient (Wildman–Crippen LogP) is 4.58. The lowest BCUT2D eigenvalue weighted by atomic mass is 9.94. The van der Waals surface area contributed by atoms with Crippen LogP contribution >= 0.6 is 11.6 Å². The van der Waals surface area contributed by atoms with Crippen molar-refractivity contribution in [2.75, 3.05) is 0 Å². The van der Waals surface area contributed by atoms with E-state index in [0.29, 0.717) is 16.1 Å². The zero-order chi connectivity index (χ0) is 18.0. The fourth-order valence-electron chi connectivity index (χ4n) is 2.65. The number of aliphatic hydroxyl groups excluding tert-OH is 1. The van der Waals surface area contributed by atoms with Gasteiger partial charge in [0.1, 0.15) is 5.82 Å². The Hall–Kier alpha value is -2.27. The zero-order valence-corrected chi connectivity index (χ0v) is 14.4. The van der Waals surface area contributed by atoms with Gasteiger partial charge in [-0.3, -0.25) is 4.98 Å². The highest BCUT2D eigenvalue weighted by Gasteiger charge is 2.19. The van der Waals surface area contributed by atoms with Crippen molar-refractivity contribution in [3.63, 3.8) is 0 Å². The third-order valence-corrected chi connectivity index (χ3v) is 4.62. The van der Waals surface area contributed by atoms with Gasteiger partial charge >= 0.3 is 0 Å². The quantitative estimate of drug-likeness (QED) is 0.719. The first-order valence-corrected chi connectivity index (χ1v) is 8.24. The van der Waals surface area contributed by atoms with E-state index in [1.54, 1.807) is 24.4 Å². The number of pyridine rings is 1. The van der Waals surface area contributed by atoms with Gasteiger partial charge in [0, 0.05) is 16.8 Å². The van der Waals surface area contributed by atoms with Crippen LogP contribution in [0.1, 0.15) is 28.8 Å². The number of aliphatic hydroxyl groups is 1. The summed E-state index contributed by atoms with van der Waals surface area (Å²) in [5, 5.41) is 11.2. The van der Waals surface area contributed by atoms with E-state index in [2.05, 4.69) is 4.98 Å². The second-order valence-electron chi connectivity index (χ2n) is 5.99. The van der Waals surface area contributed by atoms with Gasteiger partial charge < -0.3 is 10.8 Å². The molecule has 2 atom stereocenters. The zero-order valence-electron chi connectivity index (χ0n) is 13.7. The first-order valence-electron chi connectivity index (χ1n) is 7.86. The minimum absolute atomic E-state index is 0.389. The standard InChI is InChI=1S/C20H18ClFN2O/c1-12-2-3-15(9-18(12)21)19(23)20(25)14-6-4-13(5-7-14)16-8-17(22)11-24-10-16/h2-11,19-20,25H,23H2,1H3. The predicted molar refractivity (Wildman–Crippen MR) is 97.7 cm³/mol. The molecule has 1 aromatic heterocycles. The molecule has 0 saturated heterocycles. The normalized spacial score (nSPS) is 13.5. The van der Waals surface area contributed by atoms with Crippen LogP contribution in [-0.4, -0.2) is 10.1 Å². The van der Waals surface area contributed by atoms with Crippen molar-refractivity contribution in [2.45, 2.75) is 19.1 Å². The maximum absolute atomic E-state index is 13.3. The van der Waals surface area contributed by atoms with Crippen molar-refractivity contribution in [1.82, 2.24) is 4.98 Å². The van der Waals surface area contributed by atoms with E-state index < -0.39 is 12.1 Å². The summed E-state index contributed by atoms with van der Waals surface area (Å²) in [5.41, 5.74) is 10.1. The maximum Gasteiger partial charge on any atom is 0.142 e. The van der Waals surface area contributed by atoms with Crippen LogP contribution in [0.4, 0.5) is 4.39 Å². The summed E-state index contributed by atoms with van der Waals surface area (Å²) in [6.45, 7) is 1.91. The summed E-state index contributed by atoms with van der Waals surface area (Å²) in [4.78, 5) is 3.84. The molecule has 1 heterocycles. The van der Waals surface area contributed by atoms with Gasteiger partial charge in [-0.1, -0.05) is 48.0 Å². The van der Waals surface area contributed by atoms with Gasteiger partial charge in [-0.15, -0.1) is 0 Å². The van der Waals surface area contributed by atoms with Crippen LogP contribution in [0.3, 0.4) is 0 Å². The summed E-state index contributed by atoms with van der Waals surface area (Å²) >= 11 is 6.14. The third kappa shape index (κ3) is 3.87. The lowest BCUT2D eigenvalue weighted by molar-refractivity contribution is 0.147. The Morgan fingerprint density at radius 2 is 1.68 bits per heavy atom. The van der Waals surface area contributed by atoms with Crippen molar-refractivity contribution >= 4 is 11.6 Å². The number of aryl methyl sites for hydroxylation is 1. The van der Waals surface area contributed by atoms with E-state index >= 15 is 0 Å². The van der Waals surface area contributed by atoms with Gasteiger partial charge in [0.05, 0.1) is 18.3 Å². The first kappa shape index (κ1) is 17.5. The van der Waals surface area contributed by atoms with Crippen molar-refractivity contribution in [3.8, 4) is 11.1 Å². The Kier molecular flexibility index (Phi) is 5.13. The van der Waals surface area contributed by atoms with Crippen molar-refractivity contribution < 1.29 is 9.50 Å². The molecule has 3 aromatic rings. The second-order valence-corrected chi connectivity index (χ2v) is 6.40. The number of hydrogen-bond acceptors (Lipinski definition) is 3. The molecular weight excluding hydrogens is 339 g/mol. The van der Waals surface area contributed by atoms with Crippen molar-refractivity contribution in [3.05, 3.63) is 88.5 Å². The van der Waals surface area contributed by atoms with E-state index in [-0.39, 0.29) is 5.82 Å². The summed E-state index contributed by atoms with van der Waals surface area (Å²) < 4.78 is 13.3. The molecule has 0 aliphatic carbocycles. The Morgan fingerprint density at radius 1 is 1.00 bits per heavy atom. The lowest BCUT2D eigenvalue weighted by Gasteiger charge is -2.20. The fourth-order valence-corrected chi connectivity index (χ4v) is 2.84. The Bertz CT molecular complexity index is 883. The van der Waals surface area contributed by atoms with Crippen LogP contribution in [0.2, 0.25) is 5.02 Å². The number of hydrogen-bond donors (Lipinski definition) is 2. The molecule has 3 nitrogen and oxygen atoms in total. The summed E-state index contributed by atoms with van der Waals surface area (Å²) in [5.74, 6) is -0.389. The van der Waals surface area contributed by atoms with E-state index in [4.69, 9.17) is 17.3 Å². The second kappa shape index (κ2) is 7.31. The minimum Gasteiger partial charge on any atom is -0.386 e. The van der Waals surface area contributed by atoms with Crippen molar-refractivity contribution in [1.29, 1.82) is 0 Å². The number of benzene rings is 2. The van der Waals surface area contributed by atoms with Gasteiger partial charge in [0.25, 0.3) is 0 Å². The third-order valence-electron chi connectivity index (χ3n) is 4.21. The van der Waals surface area contributed by atoms with Crippen LogP contribution in [-0.2, 0) is 0 Å². The average molecular weight is 357 g/mol. The molecule has 2 aromatic carbocycles. The molecule has 5 heteroatoms. The number of nitrogens with two attached hydrogens (primary N) is 1. The van der Waals surface area contributed by atoms with E-state index in [9.17, 15) is 9.50 Å². The van der Waals surface area contributed by atoms with Crippen molar-refractivity contribution in [2.24, 2.45) is 5.73 Å². The molecule has 0 saturated carbocycles. The Labute approximate surface area is 150 Å². The van der Waals surface area contributed by atoms with Crippen LogP contribution < -0.4 is 5.73 Å². The van der Waals surface area contributed by atoms with Gasteiger partial charge in [0.2, 0.25) is 0 Å². The molecule has 0 aliphatic rings. The van der Waals surface area contributed by atoms with Crippen LogP contribution in [0.25, 0.3) is 11.1 Å². The Morgan fingerprint density at radius 3 is 2.32 bits per heavy atom. The molecular formula is C20H18ClFN2O. The monoisotopic (exact) mass is 356 g/mol. The molecule has 0 amide bonds. The van der Waals surface area contributed by atoms with Gasteiger partial charge in [-0.05, 0) is 41.3 Å². The fraction of sp³-hybridized carbons (Fsp3) is 0.150. The minimum atomic E-state index is -0.876. The molecule has 0 radical (unpaired) electrons. The van der Waals surface area contributed by atoms with Gasteiger partial charge in [0.15, 0.2) is 0 Å². The number of halogens is 2. The number of nitrogens with zero attached hydrogens (tertiary/aromatic N) is 1. The highest BCUT2D eigenvalue weighted by molar-refractivity contribution is 6.31. The van der Waals surface area contributed by atoms with E-state index in [1.165, 1.54) is 6.07 Å². The average Bonchev–Trinajstić information content (AvgIpc) is 2.63. The largest absolute Gasteiger partial charge is 0.386 e. The van der Waals surface area contributed by atoms with E-state index in [1.807, 2.05) is 31.2 Å². The molecule has 0 aliphatic heterocycles. The molecule has 0 fully saturated rings. The summed E-state index contributed by atoms with van der Waals surface area (Å²) in [7, 11) is 0. The molecule has 25 heavy (non-hydrogen) atoms. The molecule has 3 rings (SSSR count). The molecule has 2 unspecified atom stereocenters.